The van der Waals surface area contributed by atoms with Crippen LogP contribution in [-0.2, 0) is 6.42 Å². The first-order valence-corrected chi connectivity index (χ1v) is 16.0. The largest absolute Gasteiger partial charge is 0.508 e. The molecule has 0 radical (unpaired) electrons. The third kappa shape index (κ3) is 4.50. The quantitative estimate of drug-likeness (QED) is 0.232. The Morgan fingerprint density at radius 3 is 2.61 bits per heavy atom. The van der Waals surface area contributed by atoms with Crippen molar-refractivity contribution in [2.75, 3.05) is 37.7 Å². The van der Waals surface area contributed by atoms with Crippen LogP contribution in [-0.4, -0.2) is 75.4 Å². The molecular formula is C34H34F5N5O2. The molecule has 1 saturated carbocycles. The molecule has 3 aliphatic heterocycles. The highest BCUT2D eigenvalue weighted by Gasteiger charge is 2.56. The summed E-state index contributed by atoms with van der Waals surface area (Å²) in [4.78, 5) is 17.4. The van der Waals surface area contributed by atoms with Crippen molar-refractivity contribution in [3.63, 3.8) is 0 Å². The van der Waals surface area contributed by atoms with E-state index in [1.807, 2.05) is 0 Å². The maximum absolute atomic E-state index is 16.8. The SMILES string of the molecule is CCc1c(F)ccc2cc(O)cc(-c3ncc4c(N5CC6CCC(C5)C6(F)F)nc(OC[C@@]56CCCN5C[C@H](F)C6)nc4c3F)c12. The lowest BCUT2D eigenvalue weighted by Crippen LogP contribution is -2.49. The van der Waals surface area contributed by atoms with Crippen molar-refractivity contribution in [3.8, 4) is 23.0 Å². The fourth-order valence-corrected chi connectivity index (χ4v) is 8.52. The number of alkyl halides is 3. The number of anilines is 1. The average Bonchev–Trinajstić information content (AvgIpc) is 3.56. The summed E-state index contributed by atoms with van der Waals surface area (Å²) in [5.74, 6) is -5.68. The van der Waals surface area contributed by atoms with E-state index in [0.29, 0.717) is 48.6 Å². The molecule has 8 rings (SSSR count). The zero-order valence-electron chi connectivity index (χ0n) is 25.4. The molecule has 4 atom stereocenters. The van der Waals surface area contributed by atoms with Crippen LogP contribution in [0.25, 0.3) is 32.9 Å². The van der Waals surface area contributed by atoms with Crippen molar-refractivity contribution < 1.29 is 31.8 Å². The molecule has 1 N–H and O–H groups in total. The third-order valence-electron chi connectivity index (χ3n) is 10.8. The predicted molar refractivity (Wildman–Crippen MR) is 163 cm³/mol. The molecule has 7 nitrogen and oxygen atoms in total. The molecule has 2 bridgehead atoms. The van der Waals surface area contributed by atoms with E-state index in [-0.39, 0.29) is 59.4 Å². The Kier molecular flexibility index (Phi) is 6.83. The van der Waals surface area contributed by atoms with Crippen LogP contribution in [0.5, 0.6) is 11.8 Å². The fraction of sp³-hybridized carbons (Fsp3) is 0.500. The van der Waals surface area contributed by atoms with Gasteiger partial charge in [0.15, 0.2) is 5.82 Å². The van der Waals surface area contributed by atoms with E-state index < -0.39 is 41.1 Å². The number of rotatable bonds is 6. The summed E-state index contributed by atoms with van der Waals surface area (Å²) in [6.45, 7) is 3.07. The van der Waals surface area contributed by atoms with Crippen LogP contribution < -0.4 is 9.64 Å². The van der Waals surface area contributed by atoms with Gasteiger partial charge in [0.05, 0.1) is 10.9 Å². The first-order chi connectivity index (χ1) is 22.1. The summed E-state index contributed by atoms with van der Waals surface area (Å²) in [7, 11) is 0. The summed E-state index contributed by atoms with van der Waals surface area (Å²) in [6.07, 6.45) is 3.52. The van der Waals surface area contributed by atoms with E-state index in [9.17, 15) is 22.7 Å². The van der Waals surface area contributed by atoms with Gasteiger partial charge in [-0.1, -0.05) is 13.0 Å². The van der Waals surface area contributed by atoms with E-state index in [4.69, 9.17) is 4.74 Å². The number of aromatic nitrogens is 3. The van der Waals surface area contributed by atoms with Crippen molar-refractivity contribution >= 4 is 27.5 Å². The van der Waals surface area contributed by atoms with E-state index in [1.54, 1.807) is 11.8 Å². The molecule has 46 heavy (non-hydrogen) atoms. The monoisotopic (exact) mass is 639 g/mol. The second-order valence-corrected chi connectivity index (χ2v) is 13.4. The number of phenolic OH excluding ortho intramolecular Hbond substituents is 1. The number of benzene rings is 2. The molecule has 3 saturated heterocycles. The van der Waals surface area contributed by atoms with Crippen molar-refractivity contribution in [3.05, 3.63) is 47.7 Å². The van der Waals surface area contributed by atoms with Crippen LogP contribution in [0.15, 0.2) is 30.5 Å². The second-order valence-electron chi connectivity index (χ2n) is 13.4. The van der Waals surface area contributed by atoms with Crippen LogP contribution in [0.4, 0.5) is 27.8 Å². The lowest BCUT2D eigenvalue weighted by Gasteiger charge is -2.38. The van der Waals surface area contributed by atoms with Gasteiger partial charge < -0.3 is 14.7 Å². The average molecular weight is 640 g/mol. The zero-order chi connectivity index (χ0) is 32.0. The van der Waals surface area contributed by atoms with Crippen LogP contribution in [0, 0.1) is 23.5 Å². The number of aryl methyl sites for hydroxylation is 1. The highest BCUT2D eigenvalue weighted by atomic mass is 19.3. The number of pyridine rings is 1. The maximum atomic E-state index is 16.8. The molecule has 2 unspecified atom stereocenters. The van der Waals surface area contributed by atoms with Gasteiger partial charge in [0.1, 0.15) is 41.4 Å². The number of piperidine rings is 1. The number of fused-ring (bicyclic) bond motifs is 5. The van der Waals surface area contributed by atoms with Crippen molar-refractivity contribution in [2.45, 2.75) is 63.1 Å². The number of halogens is 5. The van der Waals surface area contributed by atoms with Gasteiger partial charge in [0.2, 0.25) is 0 Å². The topological polar surface area (TPSA) is 74.6 Å². The Morgan fingerprint density at radius 1 is 1.07 bits per heavy atom. The minimum atomic E-state index is -2.78. The van der Waals surface area contributed by atoms with Gasteiger partial charge >= 0.3 is 6.01 Å². The lowest BCUT2D eigenvalue weighted by molar-refractivity contribution is -0.0830. The third-order valence-corrected chi connectivity index (χ3v) is 10.8. The Labute approximate surface area is 262 Å². The minimum absolute atomic E-state index is 0.0377. The van der Waals surface area contributed by atoms with Crippen LogP contribution in [0.3, 0.4) is 0 Å². The van der Waals surface area contributed by atoms with Gasteiger partial charge in [0, 0.05) is 49.7 Å². The van der Waals surface area contributed by atoms with E-state index >= 15 is 4.39 Å². The predicted octanol–water partition coefficient (Wildman–Crippen LogP) is 6.83. The van der Waals surface area contributed by atoms with E-state index in [2.05, 4.69) is 19.9 Å². The van der Waals surface area contributed by atoms with Crippen LogP contribution in [0.2, 0.25) is 0 Å². The summed E-state index contributed by atoms with van der Waals surface area (Å²) >= 11 is 0. The molecule has 4 aliphatic rings. The van der Waals surface area contributed by atoms with Crippen molar-refractivity contribution in [1.82, 2.24) is 19.9 Å². The molecule has 4 fully saturated rings. The first-order valence-electron chi connectivity index (χ1n) is 16.0. The molecule has 2 aromatic heterocycles. The van der Waals surface area contributed by atoms with Gasteiger partial charge in [-0.15, -0.1) is 0 Å². The lowest BCUT2D eigenvalue weighted by atomic mass is 9.93. The Hall–Kier alpha value is -3.80. The molecule has 5 heterocycles. The molecule has 1 aliphatic carbocycles. The van der Waals surface area contributed by atoms with Gasteiger partial charge in [-0.05, 0) is 73.2 Å². The number of aromatic hydroxyl groups is 1. The van der Waals surface area contributed by atoms with Gasteiger partial charge in [-0.25, -0.2) is 22.0 Å². The number of ether oxygens (including phenoxy) is 1. The van der Waals surface area contributed by atoms with Gasteiger partial charge in [-0.3, -0.25) is 9.88 Å². The van der Waals surface area contributed by atoms with Gasteiger partial charge in [0.25, 0.3) is 5.92 Å². The Balaban J connectivity index is 1.27. The van der Waals surface area contributed by atoms with E-state index in [0.717, 1.165) is 19.4 Å². The van der Waals surface area contributed by atoms with Crippen LogP contribution in [0.1, 0.15) is 44.6 Å². The summed E-state index contributed by atoms with van der Waals surface area (Å²) in [5, 5.41) is 11.7. The summed E-state index contributed by atoms with van der Waals surface area (Å²) in [6, 6.07) is 5.54. The highest BCUT2D eigenvalue weighted by molar-refractivity contribution is 6.01. The zero-order valence-corrected chi connectivity index (χ0v) is 25.4. The molecule has 0 spiro atoms. The minimum Gasteiger partial charge on any atom is -0.508 e. The Morgan fingerprint density at radius 2 is 1.85 bits per heavy atom. The van der Waals surface area contributed by atoms with Crippen molar-refractivity contribution in [1.29, 1.82) is 0 Å². The summed E-state index contributed by atoms with van der Waals surface area (Å²) in [5.41, 5.74) is -0.228. The number of hydrogen-bond acceptors (Lipinski definition) is 7. The number of phenols is 1. The molecule has 12 heteroatoms. The normalized spacial score (nSPS) is 27.2. The molecule has 2 aromatic carbocycles. The van der Waals surface area contributed by atoms with E-state index in [1.165, 1.54) is 30.5 Å². The smallest absolute Gasteiger partial charge is 0.319 e. The van der Waals surface area contributed by atoms with Crippen molar-refractivity contribution in [2.24, 2.45) is 11.8 Å². The molecule has 0 amide bonds. The first kappa shape index (κ1) is 29.6. The molecule has 4 aromatic rings. The number of nitrogens with zero attached hydrogens (tertiary/aromatic N) is 5. The molecular weight excluding hydrogens is 605 g/mol. The maximum Gasteiger partial charge on any atom is 0.319 e. The molecule has 242 valence electrons. The highest BCUT2D eigenvalue weighted by Crippen LogP contribution is 2.50. The fourth-order valence-electron chi connectivity index (χ4n) is 8.52. The number of hydrogen-bond donors (Lipinski definition) is 1. The van der Waals surface area contributed by atoms with Crippen LogP contribution >= 0.6 is 0 Å². The van der Waals surface area contributed by atoms with Gasteiger partial charge in [-0.2, -0.15) is 9.97 Å². The summed E-state index contributed by atoms with van der Waals surface area (Å²) < 4.78 is 82.1. The second kappa shape index (κ2) is 10.6. The Bertz CT molecular complexity index is 1860. The standard InChI is InChI=1S/C34H34F5N5O2/c1-2-23-26(36)7-4-18-10-22(45)11-24(27(18)23)29-28(37)30-25(13-40-29)31(43-14-19-5-6-20(15-43)34(19,38)39)42-32(41-30)46-17-33-8-3-9-44(33)16-21(35)12-33/h4,7,10-11,13,19-21,45H,2-3,5-6,8-9,12,14-17H2,1H3/t19?,20?,21-,33+/m1/s1.